The van der Waals surface area contributed by atoms with Crippen molar-refractivity contribution >= 4 is 5.82 Å². The Hall–Kier alpha value is -1.62. The monoisotopic (exact) mass is 166 g/mol. The van der Waals surface area contributed by atoms with Crippen molar-refractivity contribution < 1.29 is 4.74 Å². The molecule has 1 heterocycles. The van der Waals surface area contributed by atoms with Gasteiger partial charge in [-0.3, -0.25) is 0 Å². The quantitative estimate of drug-likeness (QED) is 0.383. The van der Waals surface area contributed by atoms with Crippen LogP contribution in [0.2, 0.25) is 0 Å². The van der Waals surface area contributed by atoms with Crippen LogP contribution in [0, 0.1) is 0 Å². The van der Waals surface area contributed by atoms with E-state index in [9.17, 15) is 0 Å². The van der Waals surface area contributed by atoms with E-state index >= 15 is 0 Å². The number of nitrogens with two attached hydrogens (primary N) is 1. The van der Waals surface area contributed by atoms with Crippen LogP contribution in [0.5, 0.6) is 5.88 Å². The Balaban J connectivity index is 2.65. The summed E-state index contributed by atoms with van der Waals surface area (Å²) in [4.78, 5) is 7.66. The topological polar surface area (TPSA) is 73.1 Å². The third-order valence-electron chi connectivity index (χ3n) is 1.14. The van der Waals surface area contributed by atoms with Gasteiger partial charge in [-0.1, -0.05) is 12.7 Å². The van der Waals surface area contributed by atoms with E-state index < -0.39 is 0 Å². The predicted octanol–water partition coefficient (Wildman–Crippen LogP) is 0.327. The van der Waals surface area contributed by atoms with Crippen LogP contribution in [0.1, 0.15) is 0 Å². The highest BCUT2D eigenvalue weighted by Gasteiger charge is 1.95. The molecule has 1 aromatic rings. The second kappa shape index (κ2) is 4.30. The number of rotatable bonds is 4. The summed E-state index contributed by atoms with van der Waals surface area (Å²) in [5.41, 5.74) is 2.39. The summed E-state index contributed by atoms with van der Waals surface area (Å²) >= 11 is 0. The Morgan fingerprint density at radius 1 is 1.67 bits per heavy atom. The van der Waals surface area contributed by atoms with Crippen LogP contribution >= 0.6 is 0 Å². The molecule has 5 nitrogen and oxygen atoms in total. The number of anilines is 1. The highest BCUT2D eigenvalue weighted by molar-refractivity contribution is 5.35. The average molecular weight is 166 g/mol. The van der Waals surface area contributed by atoms with E-state index in [2.05, 4.69) is 22.0 Å². The van der Waals surface area contributed by atoms with Gasteiger partial charge >= 0.3 is 0 Å². The Labute approximate surface area is 70.2 Å². The fourth-order valence-electron chi connectivity index (χ4n) is 0.642. The maximum atomic E-state index is 5.13. The Morgan fingerprint density at radius 2 is 2.50 bits per heavy atom. The van der Waals surface area contributed by atoms with Crippen LogP contribution in [0.4, 0.5) is 5.82 Å². The van der Waals surface area contributed by atoms with Crippen molar-refractivity contribution in [3.05, 3.63) is 25.0 Å². The number of hydrogen-bond acceptors (Lipinski definition) is 5. The van der Waals surface area contributed by atoms with Gasteiger partial charge in [0.1, 0.15) is 18.8 Å². The molecule has 0 amide bonds. The zero-order valence-corrected chi connectivity index (χ0v) is 6.53. The van der Waals surface area contributed by atoms with Crippen molar-refractivity contribution in [1.82, 2.24) is 9.97 Å². The number of nitrogens with zero attached hydrogens (tertiary/aromatic N) is 2. The lowest BCUT2D eigenvalue weighted by atomic mass is 10.5. The normalized spacial score (nSPS) is 9.08. The molecule has 0 aliphatic carbocycles. The molecule has 0 saturated heterocycles. The zero-order chi connectivity index (χ0) is 8.81. The van der Waals surface area contributed by atoms with E-state index in [4.69, 9.17) is 10.6 Å². The van der Waals surface area contributed by atoms with E-state index in [-0.39, 0.29) is 0 Å². The highest BCUT2D eigenvalue weighted by Crippen LogP contribution is 2.08. The first-order valence-electron chi connectivity index (χ1n) is 3.39. The molecule has 1 aromatic heterocycles. The van der Waals surface area contributed by atoms with Gasteiger partial charge in [0.25, 0.3) is 0 Å². The van der Waals surface area contributed by atoms with Gasteiger partial charge in [0.15, 0.2) is 0 Å². The maximum Gasteiger partial charge on any atom is 0.218 e. The smallest absolute Gasteiger partial charge is 0.218 e. The van der Waals surface area contributed by atoms with E-state index in [1.165, 1.54) is 6.33 Å². The van der Waals surface area contributed by atoms with Crippen molar-refractivity contribution in [1.29, 1.82) is 0 Å². The SMILES string of the molecule is C=CCOc1cc(NN)ncn1. The Kier molecular flexibility index (Phi) is 3.04. The standard InChI is InChI=1S/C7H10N4O/c1-2-3-12-7-4-6(11-8)9-5-10-7/h2,4-5H,1,3,8H2,(H,9,10,11). The van der Waals surface area contributed by atoms with E-state index in [0.29, 0.717) is 18.3 Å². The van der Waals surface area contributed by atoms with Crippen molar-refractivity contribution in [2.24, 2.45) is 5.84 Å². The van der Waals surface area contributed by atoms with Crippen LogP contribution < -0.4 is 16.0 Å². The number of hydrazine groups is 1. The summed E-state index contributed by atoms with van der Waals surface area (Å²) < 4.78 is 5.13. The number of nitrogens with one attached hydrogen (secondary N) is 1. The molecule has 0 bridgehead atoms. The van der Waals surface area contributed by atoms with Gasteiger partial charge in [0.2, 0.25) is 5.88 Å². The third-order valence-corrected chi connectivity index (χ3v) is 1.14. The summed E-state index contributed by atoms with van der Waals surface area (Å²) in [6, 6.07) is 1.60. The molecule has 3 N–H and O–H groups in total. The molecule has 0 atom stereocenters. The summed E-state index contributed by atoms with van der Waals surface area (Å²) in [6.07, 6.45) is 3.01. The van der Waals surface area contributed by atoms with E-state index in [1.807, 2.05) is 0 Å². The molecule has 0 fully saturated rings. The first-order chi connectivity index (χ1) is 5.86. The van der Waals surface area contributed by atoms with Gasteiger partial charge < -0.3 is 10.2 Å². The lowest BCUT2D eigenvalue weighted by Gasteiger charge is -2.02. The van der Waals surface area contributed by atoms with E-state index in [1.54, 1.807) is 12.1 Å². The van der Waals surface area contributed by atoms with Gasteiger partial charge in [0, 0.05) is 6.07 Å². The van der Waals surface area contributed by atoms with Crippen molar-refractivity contribution in [3.63, 3.8) is 0 Å². The lowest BCUT2D eigenvalue weighted by molar-refractivity contribution is 0.348. The molecular weight excluding hydrogens is 156 g/mol. The minimum absolute atomic E-state index is 0.418. The number of aromatic nitrogens is 2. The van der Waals surface area contributed by atoms with Gasteiger partial charge in [-0.25, -0.2) is 15.8 Å². The number of nitrogen functional groups attached to an aromatic ring is 1. The minimum Gasteiger partial charge on any atom is -0.473 e. The second-order valence-corrected chi connectivity index (χ2v) is 1.99. The molecule has 0 spiro atoms. The fraction of sp³-hybridized carbons (Fsp3) is 0.143. The molecule has 0 saturated carbocycles. The molecule has 0 radical (unpaired) electrons. The summed E-state index contributed by atoms with van der Waals surface area (Å²) in [6.45, 7) is 3.93. The largest absolute Gasteiger partial charge is 0.473 e. The first-order valence-corrected chi connectivity index (χ1v) is 3.39. The molecule has 5 heteroatoms. The van der Waals surface area contributed by atoms with Crippen molar-refractivity contribution in [2.45, 2.75) is 0 Å². The molecule has 1 rings (SSSR count). The summed E-state index contributed by atoms with van der Waals surface area (Å²) in [7, 11) is 0. The highest BCUT2D eigenvalue weighted by atomic mass is 16.5. The number of hydrogen-bond donors (Lipinski definition) is 2. The van der Waals surface area contributed by atoms with Crippen LogP contribution in [0.3, 0.4) is 0 Å². The van der Waals surface area contributed by atoms with Crippen LogP contribution in [-0.4, -0.2) is 16.6 Å². The molecular formula is C7H10N4O. The summed E-state index contributed by atoms with van der Waals surface area (Å²) in [5.74, 6) is 6.12. The minimum atomic E-state index is 0.418. The second-order valence-electron chi connectivity index (χ2n) is 1.99. The predicted molar refractivity (Wildman–Crippen MR) is 45.5 cm³/mol. The van der Waals surface area contributed by atoms with Gasteiger partial charge in [-0.2, -0.15) is 0 Å². The van der Waals surface area contributed by atoms with Gasteiger partial charge in [-0.15, -0.1) is 0 Å². The molecule has 0 unspecified atom stereocenters. The van der Waals surface area contributed by atoms with Crippen molar-refractivity contribution in [3.8, 4) is 5.88 Å². The van der Waals surface area contributed by atoms with Crippen LogP contribution in [0.25, 0.3) is 0 Å². The maximum absolute atomic E-state index is 5.13. The Bertz CT molecular complexity index is 263. The average Bonchev–Trinajstić information content (AvgIpc) is 2.15. The summed E-state index contributed by atoms with van der Waals surface area (Å²) in [5, 5.41) is 0. The molecule has 0 aliphatic rings. The molecule has 64 valence electrons. The lowest BCUT2D eigenvalue weighted by Crippen LogP contribution is -2.09. The first kappa shape index (κ1) is 8.48. The van der Waals surface area contributed by atoms with Crippen LogP contribution in [0.15, 0.2) is 25.0 Å². The zero-order valence-electron chi connectivity index (χ0n) is 6.53. The fourth-order valence-corrected chi connectivity index (χ4v) is 0.642. The molecule has 0 aliphatic heterocycles. The Morgan fingerprint density at radius 3 is 3.17 bits per heavy atom. The third kappa shape index (κ3) is 2.21. The van der Waals surface area contributed by atoms with Crippen LogP contribution in [-0.2, 0) is 0 Å². The van der Waals surface area contributed by atoms with Crippen molar-refractivity contribution in [2.75, 3.05) is 12.0 Å². The molecule has 0 aromatic carbocycles. The molecule has 12 heavy (non-hydrogen) atoms. The van der Waals surface area contributed by atoms with Gasteiger partial charge in [0.05, 0.1) is 0 Å². The number of ether oxygens (including phenoxy) is 1. The van der Waals surface area contributed by atoms with E-state index in [0.717, 1.165) is 0 Å². The van der Waals surface area contributed by atoms with Gasteiger partial charge in [-0.05, 0) is 0 Å².